The molecule has 20 heavy (non-hydrogen) atoms. The van der Waals surface area contributed by atoms with Crippen molar-refractivity contribution in [2.45, 2.75) is 0 Å². The number of amidine groups is 1. The average molecular weight is 297 g/mol. The van der Waals surface area contributed by atoms with Crippen LogP contribution in [0.2, 0.25) is 0 Å². The van der Waals surface area contributed by atoms with Crippen LogP contribution in [0.4, 0.5) is 5.69 Å². The molecule has 8 heteroatoms. The highest BCUT2D eigenvalue weighted by atomic mass is 32.2. The Bertz CT molecular complexity index is 653. The topological polar surface area (TPSA) is 103 Å². The summed E-state index contributed by atoms with van der Waals surface area (Å²) in [6.07, 6.45) is 3.61. The summed E-state index contributed by atoms with van der Waals surface area (Å²) in [5.74, 6) is 0.378. The Balaban J connectivity index is 2.21. The number of benzene rings is 1. The van der Waals surface area contributed by atoms with Gasteiger partial charge in [-0.2, -0.15) is 8.42 Å². The van der Waals surface area contributed by atoms with Crippen molar-refractivity contribution in [2.75, 3.05) is 25.0 Å². The maximum atomic E-state index is 11.4. The lowest BCUT2D eigenvalue weighted by Gasteiger charge is -2.18. The maximum absolute atomic E-state index is 11.4. The number of rotatable bonds is 5. The fourth-order valence-corrected chi connectivity index (χ4v) is 2.55. The molecule has 0 spiro atoms. The number of fused-ring (bicyclic) bond motifs is 1. The fourth-order valence-electron chi connectivity index (χ4n) is 1.71. The summed E-state index contributed by atoms with van der Waals surface area (Å²) in [7, 11) is -2.17. The van der Waals surface area contributed by atoms with Crippen LogP contribution in [0.15, 0.2) is 34.7 Å². The predicted octanol–water partition coefficient (Wildman–Crippen LogP) is 0.644. The molecule has 0 fully saturated rings. The first-order chi connectivity index (χ1) is 9.53. The van der Waals surface area contributed by atoms with Gasteiger partial charge in [0.05, 0.1) is 17.9 Å². The lowest BCUT2D eigenvalue weighted by Crippen LogP contribution is -2.27. The third-order valence-corrected chi connectivity index (χ3v) is 3.42. The minimum Gasteiger partial charge on any atom is -0.489 e. The highest BCUT2D eigenvalue weighted by molar-refractivity contribution is 7.91. The van der Waals surface area contributed by atoms with E-state index in [1.54, 1.807) is 31.4 Å². The summed E-state index contributed by atoms with van der Waals surface area (Å²) < 4.78 is 39.0. The Morgan fingerprint density at radius 3 is 2.85 bits per heavy atom. The zero-order chi connectivity index (χ0) is 14.6. The highest BCUT2D eigenvalue weighted by Crippen LogP contribution is 2.30. The van der Waals surface area contributed by atoms with Crippen molar-refractivity contribution in [3.63, 3.8) is 0 Å². The molecule has 108 valence electrons. The number of hydrogen-bond acceptors (Lipinski definition) is 5. The molecule has 2 rings (SSSR count). The van der Waals surface area contributed by atoms with E-state index < -0.39 is 10.2 Å². The van der Waals surface area contributed by atoms with Gasteiger partial charge in [-0.1, -0.05) is 12.1 Å². The Morgan fingerprint density at radius 1 is 1.35 bits per heavy atom. The van der Waals surface area contributed by atoms with Gasteiger partial charge in [0.2, 0.25) is 0 Å². The average Bonchev–Trinajstić information content (AvgIpc) is 2.36. The van der Waals surface area contributed by atoms with Crippen LogP contribution in [-0.2, 0) is 14.9 Å². The van der Waals surface area contributed by atoms with Crippen molar-refractivity contribution in [3.8, 4) is 5.75 Å². The van der Waals surface area contributed by atoms with E-state index in [0.717, 1.165) is 0 Å². The van der Waals surface area contributed by atoms with Crippen molar-refractivity contribution in [1.29, 1.82) is 0 Å². The van der Waals surface area contributed by atoms with Gasteiger partial charge in [-0.05, 0) is 18.2 Å². The van der Waals surface area contributed by atoms with Crippen molar-refractivity contribution < 1.29 is 17.9 Å². The van der Waals surface area contributed by atoms with Crippen molar-refractivity contribution >= 4 is 21.7 Å². The second-order valence-corrected chi connectivity index (χ2v) is 5.31. The van der Waals surface area contributed by atoms with E-state index in [4.69, 9.17) is 15.2 Å². The van der Waals surface area contributed by atoms with Gasteiger partial charge in [0.15, 0.2) is 5.84 Å². The molecule has 7 nitrogen and oxygen atoms in total. The largest absolute Gasteiger partial charge is 0.489 e. The number of hydrogen-bond donors (Lipinski definition) is 2. The van der Waals surface area contributed by atoms with Gasteiger partial charge in [-0.25, -0.2) is 0 Å². The second-order valence-electron chi connectivity index (χ2n) is 3.97. The van der Waals surface area contributed by atoms with E-state index in [9.17, 15) is 8.42 Å². The van der Waals surface area contributed by atoms with Crippen molar-refractivity contribution in [3.05, 3.63) is 35.9 Å². The first-order valence-corrected chi connectivity index (χ1v) is 7.26. The van der Waals surface area contributed by atoms with Crippen molar-refractivity contribution in [2.24, 2.45) is 10.1 Å². The van der Waals surface area contributed by atoms with E-state index in [0.29, 0.717) is 30.2 Å². The van der Waals surface area contributed by atoms with E-state index in [1.807, 2.05) is 6.08 Å². The molecule has 1 aromatic carbocycles. The SMILES string of the molecule is COCC=CCOc1cccc2c1C(N)=NS(=O)(=O)N2. The van der Waals surface area contributed by atoms with Crippen LogP contribution < -0.4 is 15.2 Å². The van der Waals surface area contributed by atoms with Gasteiger partial charge in [0.25, 0.3) is 0 Å². The molecule has 0 aliphatic carbocycles. The summed E-state index contributed by atoms with van der Waals surface area (Å²) >= 11 is 0. The number of anilines is 1. The van der Waals surface area contributed by atoms with Crippen LogP contribution in [-0.4, -0.2) is 34.6 Å². The van der Waals surface area contributed by atoms with E-state index in [-0.39, 0.29) is 5.84 Å². The molecule has 0 amide bonds. The Labute approximate surface area is 117 Å². The second kappa shape index (κ2) is 5.93. The molecule has 1 aromatic rings. The third-order valence-electron chi connectivity index (χ3n) is 2.50. The van der Waals surface area contributed by atoms with E-state index in [2.05, 4.69) is 9.12 Å². The van der Waals surface area contributed by atoms with Crippen LogP contribution >= 0.6 is 0 Å². The molecule has 3 N–H and O–H groups in total. The highest BCUT2D eigenvalue weighted by Gasteiger charge is 2.23. The molecule has 0 saturated heterocycles. The fraction of sp³-hybridized carbons (Fsp3) is 0.250. The van der Waals surface area contributed by atoms with E-state index in [1.165, 1.54) is 0 Å². The molecule has 0 bridgehead atoms. The van der Waals surface area contributed by atoms with Crippen LogP contribution in [0.5, 0.6) is 5.75 Å². The van der Waals surface area contributed by atoms with Crippen LogP contribution in [0.25, 0.3) is 0 Å². The summed E-state index contributed by atoms with van der Waals surface area (Å²) in [5.41, 5.74) is 6.49. The number of nitrogens with zero attached hydrogens (tertiary/aromatic N) is 1. The lowest BCUT2D eigenvalue weighted by molar-refractivity contribution is 0.233. The van der Waals surface area contributed by atoms with Gasteiger partial charge < -0.3 is 15.2 Å². The summed E-state index contributed by atoms with van der Waals surface area (Å²) in [5, 5.41) is 0. The predicted molar refractivity (Wildman–Crippen MR) is 76.2 cm³/mol. The van der Waals surface area contributed by atoms with E-state index >= 15 is 0 Å². The molecule has 1 heterocycles. The van der Waals surface area contributed by atoms with Crippen molar-refractivity contribution in [1.82, 2.24) is 0 Å². The monoisotopic (exact) mass is 297 g/mol. The summed E-state index contributed by atoms with van der Waals surface area (Å²) in [6.45, 7) is 0.819. The molecule has 0 radical (unpaired) electrons. The molecule has 1 aliphatic heterocycles. The smallest absolute Gasteiger partial charge is 0.344 e. The van der Waals surface area contributed by atoms with Crippen LogP contribution in [0.1, 0.15) is 5.56 Å². The van der Waals surface area contributed by atoms with Crippen LogP contribution in [0, 0.1) is 0 Å². The molecule has 0 saturated carbocycles. The Hall–Kier alpha value is -2.06. The Morgan fingerprint density at radius 2 is 2.10 bits per heavy atom. The lowest BCUT2D eigenvalue weighted by atomic mass is 10.1. The first-order valence-electron chi connectivity index (χ1n) is 5.82. The quantitative estimate of drug-likeness (QED) is 0.776. The summed E-state index contributed by atoms with van der Waals surface area (Å²) in [4.78, 5) is 0. The van der Waals surface area contributed by atoms with Gasteiger partial charge in [0.1, 0.15) is 12.4 Å². The number of methoxy groups -OCH3 is 1. The molecule has 0 aromatic heterocycles. The molecule has 0 atom stereocenters. The summed E-state index contributed by atoms with van der Waals surface area (Å²) in [6, 6.07) is 4.97. The normalized spacial score (nSPS) is 16.4. The molecular formula is C12H15N3O4S. The molecule has 0 unspecified atom stereocenters. The number of ether oxygens (including phenoxy) is 2. The van der Waals surface area contributed by atoms with Gasteiger partial charge in [-0.15, -0.1) is 4.40 Å². The first kappa shape index (κ1) is 14.4. The molecular weight excluding hydrogens is 282 g/mol. The molecule has 1 aliphatic rings. The standard InChI is InChI=1S/C12H15N3O4S/c1-18-7-2-3-8-19-10-6-4-5-9-11(10)12(13)15-20(16,17)14-9/h2-6,14H,7-8H2,1H3,(H2,13,15). The van der Waals surface area contributed by atoms with Gasteiger partial charge in [-0.3, -0.25) is 4.72 Å². The number of nitrogens with two attached hydrogens (primary N) is 1. The Kier molecular flexibility index (Phi) is 4.26. The van der Waals surface area contributed by atoms with Gasteiger partial charge in [0, 0.05) is 7.11 Å². The maximum Gasteiger partial charge on any atom is 0.344 e. The minimum absolute atomic E-state index is 0.0878. The van der Waals surface area contributed by atoms with Gasteiger partial charge >= 0.3 is 10.2 Å². The number of nitrogens with one attached hydrogen (secondary N) is 1. The van der Waals surface area contributed by atoms with Crippen LogP contribution in [0.3, 0.4) is 0 Å². The zero-order valence-electron chi connectivity index (χ0n) is 10.9. The minimum atomic E-state index is -3.77. The third kappa shape index (κ3) is 3.28. The zero-order valence-corrected chi connectivity index (χ0v) is 11.7.